The SMILES string of the molecule is Cc1cc(C)nc(N/N=C/c2ccc(Br)o2)n1. The highest BCUT2D eigenvalue weighted by molar-refractivity contribution is 9.10. The van der Waals surface area contributed by atoms with Crippen molar-refractivity contribution in [3.8, 4) is 0 Å². The molecule has 0 spiro atoms. The van der Waals surface area contributed by atoms with Gasteiger partial charge in [0.1, 0.15) is 5.76 Å². The summed E-state index contributed by atoms with van der Waals surface area (Å²) in [5.74, 6) is 1.12. The molecule has 0 saturated carbocycles. The lowest BCUT2D eigenvalue weighted by Crippen LogP contribution is -1.99. The Morgan fingerprint density at radius 3 is 2.59 bits per heavy atom. The summed E-state index contributed by atoms with van der Waals surface area (Å²) in [6.45, 7) is 3.82. The minimum atomic E-state index is 0.476. The smallest absolute Gasteiger partial charge is 0.243 e. The molecule has 0 aromatic carbocycles. The molecule has 6 heteroatoms. The Morgan fingerprint density at radius 2 is 2.00 bits per heavy atom. The fourth-order valence-electron chi connectivity index (χ4n) is 1.33. The van der Waals surface area contributed by atoms with E-state index in [-0.39, 0.29) is 0 Å². The van der Waals surface area contributed by atoms with Crippen molar-refractivity contribution in [1.82, 2.24) is 9.97 Å². The van der Waals surface area contributed by atoms with Crippen molar-refractivity contribution in [3.05, 3.63) is 40.0 Å². The number of nitrogens with one attached hydrogen (secondary N) is 1. The van der Waals surface area contributed by atoms with E-state index < -0.39 is 0 Å². The van der Waals surface area contributed by atoms with Crippen molar-refractivity contribution >= 4 is 28.1 Å². The predicted octanol–water partition coefficient (Wildman–Crippen LogP) is 2.89. The van der Waals surface area contributed by atoms with Crippen molar-refractivity contribution in [2.45, 2.75) is 13.8 Å². The predicted molar refractivity (Wildman–Crippen MR) is 69.1 cm³/mol. The van der Waals surface area contributed by atoms with Crippen molar-refractivity contribution < 1.29 is 4.42 Å². The van der Waals surface area contributed by atoms with Gasteiger partial charge in [0.05, 0.1) is 6.21 Å². The van der Waals surface area contributed by atoms with Crippen LogP contribution in [0.15, 0.2) is 32.4 Å². The van der Waals surface area contributed by atoms with E-state index in [0.717, 1.165) is 11.4 Å². The average Bonchev–Trinajstić information content (AvgIpc) is 2.63. The van der Waals surface area contributed by atoms with Gasteiger partial charge in [-0.2, -0.15) is 5.10 Å². The molecule has 5 nitrogen and oxygen atoms in total. The number of hydrazone groups is 1. The molecule has 2 heterocycles. The molecule has 17 heavy (non-hydrogen) atoms. The van der Waals surface area contributed by atoms with Crippen LogP contribution in [0.1, 0.15) is 17.1 Å². The quantitative estimate of drug-likeness (QED) is 0.698. The molecule has 0 atom stereocenters. The number of hydrogen-bond acceptors (Lipinski definition) is 5. The number of furan rings is 1. The highest BCUT2D eigenvalue weighted by atomic mass is 79.9. The lowest BCUT2D eigenvalue weighted by molar-refractivity contribution is 0.534. The van der Waals surface area contributed by atoms with Gasteiger partial charge < -0.3 is 4.42 Å². The standard InChI is InChI=1S/C11H11BrN4O/c1-7-5-8(2)15-11(14-7)16-13-6-9-3-4-10(12)17-9/h3-6H,1-2H3,(H,14,15,16)/b13-6+. The van der Waals surface area contributed by atoms with Crippen LogP contribution in [0.5, 0.6) is 0 Å². The van der Waals surface area contributed by atoms with Gasteiger partial charge in [-0.1, -0.05) is 0 Å². The molecule has 2 aromatic rings. The third-order valence-electron chi connectivity index (χ3n) is 1.93. The lowest BCUT2D eigenvalue weighted by Gasteiger charge is -2.00. The van der Waals surface area contributed by atoms with E-state index in [0.29, 0.717) is 16.4 Å². The Kier molecular flexibility index (Phi) is 3.53. The van der Waals surface area contributed by atoms with Crippen LogP contribution in [0.4, 0.5) is 5.95 Å². The van der Waals surface area contributed by atoms with E-state index in [1.54, 1.807) is 18.3 Å². The number of hydrogen-bond donors (Lipinski definition) is 1. The molecule has 0 radical (unpaired) electrons. The minimum absolute atomic E-state index is 0.476. The molecule has 0 unspecified atom stereocenters. The molecule has 88 valence electrons. The Labute approximate surface area is 107 Å². The number of anilines is 1. The highest BCUT2D eigenvalue weighted by Crippen LogP contribution is 2.12. The molecule has 2 rings (SSSR count). The molecule has 0 saturated heterocycles. The topological polar surface area (TPSA) is 63.3 Å². The zero-order valence-electron chi connectivity index (χ0n) is 9.44. The maximum Gasteiger partial charge on any atom is 0.243 e. The Balaban J connectivity index is 2.04. The second-order valence-corrected chi connectivity index (χ2v) is 4.27. The van der Waals surface area contributed by atoms with Crippen LogP contribution < -0.4 is 5.43 Å². The Bertz CT molecular complexity index is 530. The minimum Gasteiger partial charge on any atom is -0.448 e. The molecule has 0 bridgehead atoms. The fraction of sp³-hybridized carbons (Fsp3) is 0.182. The molecule has 0 aliphatic heterocycles. The number of aromatic nitrogens is 2. The fourth-order valence-corrected chi connectivity index (χ4v) is 1.65. The first-order chi connectivity index (χ1) is 8.13. The summed E-state index contributed by atoms with van der Waals surface area (Å²) < 4.78 is 5.92. The zero-order chi connectivity index (χ0) is 12.3. The summed E-state index contributed by atoms with van der Waals surface area (Å²) >= 11 is 3.21. The van der Waals surface area contributed by atoms with Gasteiger partial charge in [0.25, 0.3) is 0 Å². The summed E-state index contributed by atoms with van der Waals surface area (Å²) in [6, 6.07) is 5.50. The highest BCUT2D eigenvalue weighted by Gasteiger charge is 1.98. The van der Waals surface area contributed by atoms with Crippen LogP contribution in [0.25, 0.3) is 0 Å². The number of halogens is 1. The molecule has 0 aliphatic rings. The van der Waals surface area contributed by atoms with Crippen LogP contribution >= 0.6 is 15.9 Å². The van der Waals surface area contributed by atoms with Crippen molar-refractivity contribution in [3.63, 3.8) is 0 Å². The van der Waals surface area contributed by atoms with Gasteiger partial charge in [-0.3, -0.25) is 0 Å². The van der Waals surface area contributed by atoms with E-state index in [1.165, 1.54) is 0 Å². The van der Waals surface area contributed by atoms with Gasteiger partial charge in [0, 0.05) is 11.4 Å². The third-order valence-corrected chi connectivity index (χ3v) is 2.36. The van der Waals surface area contributed by atoms with Crippen molar-refractivity contribution in [2.24, 2.45) is 5.10 Å². The largest absolute Gasteiger partial charge is 0.448 e. The van der Waals surface area contributed by atoms with Crippen LogP contribution in [0, 0.1) is 13.8 Å². The second kappa shape index (κ2) is 5.09. The van der Waals surface area contributed by atoms with E-state index in [4.69, 9.17) is 4.42 Å². The monoisotopic (exact) mass is 294 g/mol. The van der Waals surface area contributed by atoms with E-state index >= 15 is 0 Å². The van der Waals surface area contributed by atoms with Gasteiger partial charge in [0.15, 0.2) is 4.67 Å². The second-order valence-electron chi connectivity index (χ2n) is 3.49. The van der Waals surface area contributed by atoms with E-state index in [2.05, 4.69) is 36.4 Å². The Hall–Kier alpha value is -1.69. The van der Waals surface area contributed by atoms with Crippen LogP contribution in [0.3, 0.4) is 0 Å². The number of rotatable bonds is 3. The molecule has 0 amide bonds. The van der Waals surface area contributed by atoms with Crippen LogP contribution in [0.2, 0.25) is 0 Å². The first kappa shape index (κ1) is 11.8. The molecule has 2 aromatic heterocycles. The van der Waals surface area contributed by atoms with E-state index in [1.807, 2.05) is 19.9 Å². The average molecular weight is 295 g/mol. The van der Waals surface area contributed by atoms with Gasteiger partial charge in [-0.05, 0) is 48.0 Å². The summed E-state index contributed by atoms with van der Waals surface area (Å²) in [5, 5.41) is 3.99. The third kappa shape index (κ3) is 3.39. The maximum absolute atomic E-state index is 5.26. The molecule has 0 fully saturated rings. The van der Waals surface area contributed by atoms with E-state index in [9.17, 15) is 0 Å². The zero-order valence-corrected chi connectivity index (χ0v) is 11.0. The first-order valence-electron chi connectivity index (χ1n) is 5.00. The first-order valence-corrected chi connectivity index (χ1v) is 5.79. The summed E-state index contributed by atoms with van der Waals surface area (Å²) in [6.07, 6.45) is 1.56. The summed E-state index contributed by atoms with van der Waals surface area (Å²) in [5.41, 5.74) is 4.55. The van der Waals surface area contributed by atoms with Crippen LogP contribution in [-0.4, -0.2) is 16.2 Å². The maximum atomic E-state index is 5.26. The molecule has 1 N–H and O–H groups in total. The number of nitrogens with zero attached hydrogens (tertiary/aromatic N) is 3. The number of aryl methyl sites for hydroxylation is 2. The van der Waals surface area contributed by atoms with Gasteiger partial charge in [-0.15, -0.1) is 0 Å². The lowest BCUT2D eigenvalue weighted by atomic mass is 10.4. The Morgan fingerprint density at radius 1 is 1.29 bits per heavy atom. The van der Waals surface area contributed by atoms with Gasteiger partial charge in [-0.25, -0.2) is 15.4 Å². The molecular formula is C11H11BrN4O. The summed E-state index contributed by atoms with van der Waals surface area (Å²) in [7, 11) is 0. The molecular weight excluding hydrogens is 284 g/mol. The van der Waals surface area contributed by atoms with Crippen molar-refractivity contribution in [1.29, 1.82) is 0 Å². The van der Waals surface area contributed by atoms with Crippen molar-refractivity contribution in [2.75, 3.05) is 5.43 Å². The molecule has 0 aliphatic carbocycles. The summed E-state index contributed by atoms with van der Waals surface area (Å²) in [4.78, 5) is 8.39. The van der Waals surface area contributed by atoms with Gasteiger partial charge in [0.2, 0.25) is 5.95 Å². The van der Waals surface area contributed by atoms with Crippen LogP contribution in [-0.2, 0) is 0 Å². The van der Waals surface area contributed by atoms with Gasteiger partial charge >= 0.3 is 0 Å². The normalized spacial score (nSPS) is 11.0.